The highest BCUT2D eigenvalue weighted by atomic mass is 16.5. The second-order valence-electron chi connectivity index (χ2n) is 2.02. The summed E-state index contributed by atoms with van der Waals surface area (Å²) in [6.07, 6.45) is 2.53. The fourth-order valence-corrected chi connectivity index (χ4v) is 0.794. The van der Waals surface area contributed by atoms with E-state index in [0.29, 0.717) is 18.8 Å². The molecule has 0 saturated carbocycles. The van der Waals surface area contributed by atoms with Gasteiger partial charge in [0.15, 0.2) is 0 Å². The van der Waals surface area contributed by atoms with Gasteiger partial charge in [-0.15, -0.1) is 6.58 Å². The molecule has 0 radical (unpaired) electrons. The molecular formula is C5H9BO2. The Morgan fingerprint density at radius 2 is 2.62 bits per heavy atom. The Hall–Kier alpha value is -0.275. The van der Waals surface area contributed by atoms with Crippen LogP contribution >= 0.6 is 0 Å². The first-order chi connectivity index (χ1) is 3.83. The van der Waals surface area contributed by atoms with Crippen LogP contribution in [0.4, 0.5) is 0 Å². The van der Waals surface area contributed by atoms with Gasteiger partial charge in [-0.3, -0.25) is 0 Å². The van der Waals surface area contributed by atoms with Gasteiger partial charge in [0.05, 0.1) is 0 Å². The zero-order chi connectivity index (χ0) is 5.98. The van der Waals surface area contributed by atoms with Crippen molar-refractivity contribution in [3.63, 3.8) is 0 Å². The van der Waals surface area contributed by atoms with Gasteiger partial charge in [0.2, 0.25) is 0 Å². The van der Waals surface area contributed by atoms with Crippen molar-refractivity contribution in [2.24, 2.45) is 5.92 Å². The summed E-state index contributed by atoms with van der Waals surface area (Å²) >= 11 is 0. The first-order valence-electron chi connectivity index (χ1n) is 2.75. The molecule has 8 heavy (non-hydrogen) atoms. The summed E-state index contributed by atoms with van der Waals surface area (Å²) in [5, 5.41) is 8.76. The van der Waals surface area contributed by atoms with Gasteiger partial charge in [-0.2, -0.15) is 0 Å². The van der Waals surface area contributed by atoms with Gasteiger partial charge < -0.3 is 9.68 Å². The molecule has 1 rings (SSSR count). The van der Waals surface area contributed by atoms with E-state index in [1.165, 1.54) is 0 Å². The third-order valence-corrected chi connectivity index (χ3v) is 1.34. The summed E-state index contributed by atoms with van der Waals surface area (Å²) < 4.78 is 4.84. The second-order valence-corrected chi connectivity index (χ2v) is 2.02. The van der Waals surface area contributed by atoms with Gasteiger partial charge in [-0.1, -0.05) is 6.08 Å². The average Bonchev–Trinajstić information content (AvgIpc) is 2.14. The van der Waals surface area contributed by atoms with E-state index in [-0.39, 0.29) is 0 Å². The van der Waals surface area contributed by atoms with Gasteiger partial charge in [-0.25, -0.2) is 0 Å². The van der Waals surface area contributed by atoms with E-state index in [0.717, 1.165) is 0 Å². The summed E-state index contributed by atoms with van der Waals surface area (Å²) in [4.78, 5) is 0. The summed E-state index contributed by atoms with van der Waals surface area (Å²) in [5.41, 5.74) is 0. The molecule has 0 amide bonds. The van der Waals surface area contributed by atoms with E-state index in [2.05, 4.69) is 6.58 Å². The molecule has 1 aliphatic heterocycles. The van der Waals surface area contributed by atoms with Crippen molar-refractivity contribution in [3.8, 4) is 0 Å². The highest BCUT2D eigenvalue weighted by molar-refractivity contribution is 6.43. The van der Waals surface area contributed by atoms with Gasteiger partial charge in [0.25, 0.3) is 0 Å². The van der Waals surface area contributed by atoms with Crippen molar-refractivity contribution in [1.82, 2.24) is 0 Å². The van der Waals surface area contributed by atoms with E-state index >= 15 is 0 Å². The minimum atomic E-state index is -0.544. The molecule has 1 aliphatic rings. The van der Waals surface area contributed by atoms with E-state index in [1.54, 1.807) is 0 Å². The van der Waals surface area contributed by atoms with Gasteiger partial charge in [0.1, 0.15) is 0 Å². The molecule has 0 bridgehead atoms. The molecule has 1 atom stereocenters. The Bertz CT molecular complexity index is 94.4. The molecule has 1 saturated heterocycles. The highest BCUT2D eigenvalue weighted by Gasteiger charge is 2.25. The summed E-state index contributed by atoms with van der Waals surface area (Å²) in [6.45, 7) is 4.22. The molecule has 0 spiro atoms. The van der Waals surface area contributed by atoms with Crippen LogP contribution in [0.25, 0.3) is 0 Å². The van der Waals surface area contributed by atoms with Gasteiger partial charge in [-0.05, 0) is 12.2 Å². The van der Waals surface area contributed by atoms with Crippen LogP contribution < -0.4 is 0 Å². The minimum Gasteiger partial charge on any atom is -0.427 e. The molecule has 1 unspecified atom stereocenters. The van der Waals surface area contributed by atoms with Crippen LogP contribution in [0, 0.1) is 5.92 Å². The maximum absolute atomic E-state index is 8.76. The quantitative estimate of drug-likeness (QED) is 0.390. The van der Waals surface area contributed by atoms with E-state index < -0.39 is 7.12 Å². The lowest BCUT2D eigenvalue weighted by molar-refractivity contribution is 0.287. The topological polar surface area (TPSA) is 29.5 Å². The smallest absolute Gasteiger partial charge is 0.427 e. The Labute approximate surface area is 49.3 Å². The van der Waals surface area contributed by atoms with Crippen LogP contribution in [0.1, 0.15) is 0 Å². The van der Waals surface area contributed by atoms with Crippen LogP contribution in [0.3, 0.4) is 0 Å². The van der Waals surface area contributed by atoms with Gasteiger partial charge in [0, 0.05) is 6.61 Å². The van der Waals surface area contributed by atoms with Gasteiger partial charge >= 0.3 is 7.12 Å². The zero-order valence-corrected chi connectivity index (χ0v) is 4.71. The lowest BCUT2D eigenvalue weighted by atomic mass is 9.82. The summed E-state index contributed by atoms with van der Waals surface area (Å²) in [6, 6.07) is 0. The Kier molecular flexibility index (Phi) is 1.71. The Balaban J connectivity index is 2.32. The highest BCUT2D eigenvalue weighted by Crippen LogP contribution is 2.16. The first-order valence-corrected chi connectivity index (χ1v) is 2.75. The SMILES string of the molecule is C=CC1COB(O)C1. The predicted molar refractivity (Wildman–Crippen MR) is 32.4 cm³/mol. The van der Waals surface area contributed by atoms with E-state index in [9.17, 15) is 0 Å². The third-order valence-electron chi connectivity index (χ3n) is 1.34. The van der Waals surface area contributed by atoms with Crippen molar-refractivity contribution >= 4 is 7.12 Å². The zero-order valence-electron chi connectivity index (χ0n) is 4.71. The predicted octanol–water partition coefficient (Wildman–Crippen LogP) is 0.299. The average molecular weight is 112 g/mol. The minimum absolute atomic E-state index is 0.366. The molecule has 2 nitrogen and oxygen atoms in total. The van der Waals surface area contributed by atoms with Crippen LogP contribution in [0.15, 0.2) is 12.7 Å². The fraction of sp³-hybridized carbons (Fsp3) is 0.600. The number of hydrogen-bond donors (Lipinski definition) is 1. The van der Waals surface area contributed by atoms with E-state index in [4.69, 9.17) is 9.68 Å². The van der Waals surface area contributed by atoms with Crippen LogP contribution in [-0.2, 0) is 4.65 Å². The molecule has 0 aromatic rings. The number of rotatable bonds is 1. The molecule has 0 aliphatic carbocycles. The lowest BCUT2D eigenvalue weighted by Crippen LogP contribution is -2.07. The van der Waals surface area contributed by atoms with Crippen molar-refractivity contribution < 1.29 is 9.68 Å². The van der Waals surface area contributed by atoms with Crippen LogP contribution in [0.2, 0.25) is 6.32 Å². The molecule has 44 valence electrons. The van der Waals surface area contributed by atoms with Crippen molar-refractivity contribution in [2.45, 2.75) is 6.32 Å². The van der Waals surface area contributed by atoms with Crippen molar-refractivity contribution in [2.75, 3.05) is 6.61 Å². The third kappa shape index (κ3) is 1.11. The molecule has 0 aromatic heterocycles. The monoisotopic (exact) mass is 112 g/mol. The van der Waals surface area contributed by atoms with Crippen molar-refractivity contribution in [3.05, 3.63) is 12.7 Å². The first kappa shape index (κ1) is 5.85. The lowest BCUT2D eigenvalue weighted by Gasteiger charge is -1.93. The number of hydrogen-bond acceptors (Lipinski definition) is 2. The Morgan fingerprint density at radius 3 is 2.88 bits per heavy atom. The molecule has 1 heterocycles. The standard InChI is InChI=1S/C5H9BO2/c1-2-5-3-6(7)8-4-5/h2,5,7H,1,3-4H2. The van der Waals surface area contributed by atoms with Crippen LogP contribution in [0.5, 0.6) is 0 Å². The fourth-order valence-electron chi connectivity index (χ4n) is 0.794. The van der Waals surface area contributed by atoms with Crippen LogP contribution in [-0.4, -0.2) is 18.7 Å². The normalized spacial score (nSPS) is 28.6. The second kappa shape index (κ2) is 2.33. The molecular weight excluding hydrogens is 103 g/mol. The molecule has 3 heteroatoms. The molecule has 0 aromatic carbocycles. The molecule has 1 fully saturated rings. The largest absolute Gasteiger partial charge is 0.454 e. The van der Waals surface area contributed by atoms with E-state index in [1.807, 2.05) is 6.08 Å². The summed E-state index contributed by atoms with van der Waals surface area (Å²) in [5.74, 6) is 0.366. The maximum atomic E-state index is 8.76. The maximum Gasteiger partial charge on any atom is 0.454 e. The van der Waals surface area contributed by atoms with Crippen molar-refractivity contribution in [1.29, 1.82) is 0 Å². The molecule has 1 N–H and O–H groups in total. The Morgan fingerprint density at radius 1 is 1.88 bits per heavy atom. The summed E-state index contributed by atoms with van der Waals surface area (Å²) in [7, 11) is -0.544.